The number of anilines is 1. The Morgan fingerprint density at radius 3 is 3.20 bits per heavy atom. The van der Waals surface area contributed by atoms with Crippen LogP contribution in [0.25, 0.3) is 0 Å². The van der Waals surface area contributed by atoms with E-state index in [-0.39, 0.29) is 24.4 Å². The topological polar surface area (TPSA) is 96.4 Å². The number of nitrogens with two attached hydrogens (primary N) is 1. The van der Waals surface area contributed by atoms with E-state index >= 15 is 0 Å². The molecule has 9 heteroatoms. The van der Waals surface area contributed by atoms with Gasteiger partial charge in [-0.2, -0.15) is 4.98 Å². The average molecular weight is 303 g/mol. The Labute approximate surface area is 118 Å². The fourth-order valence-corrected chi connectivity index (χ4v) is 2.59. The molecule has 2 heterocycles. The summed E-state index contributed by atoms with van der Waals surface area (Å²) in [5.74, 6) is -1.11. The highest BCUT2D eigenvalue weighted by Gasteiger charge is 2.29. The van der Waals surface area contributed by atoms with Crippen LogP contribution in [0.2, 0.25) is 0 Å². The van der Waals surface area contributed by atoms with Gasteiger partial charge in [0.2, 0.25) is 0 Å². The molecule has 110 valence electrons. The number of nitrogens with zero attached hydrogens (tertiary/aromatic N) is 2. The minimum Gasteiger partial charge on any atom is -0.462 e. The first-order valence-corrected chi connectivity index (χ1v) is 7.03. The summed E-state index contributed by atoms with van der Waals surface area (Å²) in [5, 5.41) is 0. The number of carbonyl (C=O) groups is 1. The van der Waals surface area contributed by atoms with Crippen LogP contribution in [0.15, 0.2) is 11.0 Å². The Hall–Kier alpha value is -1.61. The Kier molecular flexibility index (Phi) is 4.61. The van der Waals surface area contributed by atoms with Gasteiger partial charge in [-0.3, -0.25) is 9.36 Å². The molecule has 0 saturated carbocycles. The molecule has 7 nitrogen and oxygen atoms in total. The van der Waals surface area contributed by atoms with Crippen molar-refractivity contribution in [2.45, 2.75) is 25.0 Å². The number of thioether (sulfide) groups is 1. The summed E-state index contributed by atoms with van der Waals surface area (Å²) < 4.78 is 24.8. The van der Waals surface area contributed by atoms with Crippen molar-refractivity contribution in [1.82, 2.24) is 9.55 Å². The second-order valence-electron chi connectivity index (χ2n) is 4.05. The first-order chi connectivity index (χ1) is 9.51. The fraction of sp³-hybridized carbons (Fsp3) is 0.545. The van der Waals surface area contributed by atoms with Crippen molar-refractivity contribution >= 4 is 23.5 Å². The van der Waals surface area contributed by atoms with Crippen LogP contribution in [0.1, 0.15) is 19.6 Å². The van der Waals surface area contributed by atoms with Gasteiger partial charge in [0, 0.05) is 12.2 Å². The van der Waals surface area contributed by atoms with Gasteiger partial charge in [0.05, 0.1) is 6.20 Å². The predicted molar refractivity (Wildman–Crippen MR) is 70.5 cm³/mol. The Balaban J connectivity index is 2.01. The molecule has 2 N–H and O–H groups in total. The van der Waals surface area contributed by atoms with Crippen LogP contribution in [0, 0.1) is 5.82 Å². The molecular weight excluding hydrogens is 289 g/mol. The van der Waals surface area contributed by atoms with Crippen molar-refractivity contribution in [2.24, 2.45) is 0 Å². The van der Waals surface area contributed by atoms with Gasteiger partial charge >= 0.3 is 11.7 Å². The predicted octanol–water partition coefficient (Wildman–Crippen LogP) is 0.506. The van der Waals surface area contributed by atoms with Crippen molar-refractivity contribution < 1.29 is 18.7 Å². The molecule has 0 radical (unpaired) electrons. The molecular formula is C11H14FN3O4S. The van der Waals surface area contributed by atoms with E-state index in [0.29, 0.717) is 5.75 Å². The molecule has 0 unspecified atom stereocenters. The number of aromatic nitrogens is 2. The van der Waals surface area contributed by atoms with Crippen molar-refractivity contribution in [3.63, 3.8) is 0 Å². The van der Waals surface area contributed by atoms with Gasteiger partial charge < -0.3 is 15.2 Å². The number of carbonyl (C=O) groups excluding carboxylic acids is 1. The molecule has 2 atom stereocenters. The molecule has 0 bridgehead atoms. The number of halogens is 1. The van der Waals surface area contributed by atoms with Gasteiger partial charge in [-0.15, -0.1) is 11.8 Å². The van der Waals surface area contributed by atoms with Gasteiger partial charge in [-0.1, -0.05) is 6.92 Å². The summed E-state index contributed by atoms with van der Waals surface area (Å²) in [6.45, 7) is 1.78. The molecule has 1 aromatic rings. The van der Waals surface area contributed by atoms with Crippen LogP contribution in [0.3, 0.4) is 0 Å². The van der Waals surface area contributed by atoms with Crippen LogP contribution >= 0.6 is 11.8 Å². The third kappa shape index (κ3) is 3.28. The third-order valence-electron chi connectivity index (χ3n) is 2.65. The van der Waals surface area contributed by atoms with Crippen molar-refractivity contribution in [3.8, 4) is 0 Å². The quantitative estimate of drug-likeness (QED) is 0.809. The number of rotatable bonds is 4. The second-order valence-corrected chi connectivity index (χ2v) is 5.25. The second kappa shape index (κ2) is 6.23. The maximum atomic E-state index is 13.3. The molecule has 1 aliphatic rings. The molecule has 0 aromatic carbocycles. The minimum absolute atomic E-state index is 0.0907. The van der Waals surface area contributed by atoms with Crippen LogP contribution < -0.4 is 11.4 Å². The smallest absolute Gasteiger partial charge is 0.351 e. The number of ether oxygens (including phenoxy) is 2. The monoisotopic (exact) mass is 303 g/mol. The molecule has 2 rings (SSSR count). The van der Waals surface area contributed by atoms with Crippen LogP contribution in [0.5, 0.6) is 0 Å². The standard InChI is InChI=1S/C11H14FN3O4S/c1-2-8(16)18-4-9-19-7(5-20-9)15-3-6(12)10(13)14-11(15)17/h3,7,9H,2,4-5H2,1H3,(H2,13,14,17)/t7-,9+/m1/s1. The molecule has 20 heavy (non-hydrogen) atoms. The lowest BCUT2D eigenvalue weighted by atomic mass is 10.5. The molecule has 1 aliphatic heterocycles. The molecule has 1 fully saturated rings. The zero-order valence-corrected chi connectivity index (χ0v) is 11.6. The highest BCUT2D eigenvalue weighted by atomic mass is 32.2. The van der Waals surface area contributed by atoms with E-state index in [1.165, 1.54) is 11.8 Å². The lowest BCUT2D eigenvalue weighted by molar-refractivity contribution is -0.146. The number of hydrogen-bond acceptors (Lipinski definition) is 7. The number of hydrogen-bond donors (Lipinski definition) is 1. The average Bonchev–Trinajstić information content (AvgIpc) is 2.88. The van der Waals surface area contributed by atoms with Crippen LogP contribution in [-0.4, -0.2) is 33.3 Å². The first kappa shape index (κ1) is 14.8. The highest BCUT2D eigenvalue weighted by molar-refractivity contribution is 8.00. The van der Waals surface area contributed by atoms with E-state index in [4.69, 9.17) is 15.2 Å². The summed E-state index contributed by atoms with van der Waals surface area (Å²) >= 11 is 1.38. The number of esters is 1. The van der Waals surface area contributed by atoms with E-state index in [1.54, 1.807) is 6.92 Å². The summed E-state index contributed by atoms with van der Waals surface area (Å²) in [5.41, 5.74) is 4.14. The third-order valence-corrected chi connectivity index (χ3v) is 3.74. The largest absolute Gasteiger partial charge is 0.462 e. The summed E-state index contributed by atoms with van der Waals surface area (Å²) in [6, 6.07) is 0. The van der Waals surface area contributed by atoms with Crippen LogP contribution in [0.4, 0.5) is 10.2 Å². The first-order valence-electron chi connectivity index (χ1n) is 5.98. The van der Waals surface area contributed by atoms with E-state index < -0.39 is 23.6 Å². The minimum atomic E-state index is -0.779. The lowest BCUT2D eigenvalue weighted by Gasteiger charge is -2.14. The molecule has 0 aliphatic carbocycles. The summed E-state index contributed by atoms with van der Waals surface area (Å²) in [7, 11) is 0. The van der Waals surface area contributed by atoms with E-state index in [1.807, 2.05) is 0 Å². The zero-order chi connectivity index (χ0) is 14.7. The highest BCUT2D eigenvalue weighted by Crippen LogP contribution is 2.31. The zero-order valence-electron chi connectivity index (χ0n) is 10.7. The van der Waals surface area contributed by atoms with Crippen LogP contribution in [-0.2, 0) is 14.3 Å². The molecule has 1 aromatic heterocycles. The normalized spacial score (nSPS) is 21.9. The lowest BCUT2D eigenvalue weighted by Crippen LogP contribution is -2.30. The number of nitrogen functional groups attached to an aromatic ring is 1. The van der Waals surface area contributed by atoms with Gasteiger partial charge in [0.1, 0.15) is 18.3 Å². The van der Waals surface area contributed by atoms with Crippen molar-refractivity contribution in [2.75, 3.05) is 18.1 Å². The Bertz CT molecular complexity index is 565. The van der Waals surface area contributed by atoms with Gasteiger partial charge in [-0.25, -0.2) is 9.18 Å². The Morgan fingerprint density at radius 1 is 1.75 bits per heavy atom. The van der Waals surface area contributed by atoms with Gasteiger partial charge in [-0.05, 0) is 0 Å². The summed E-state index contributed by atoms with van der Waals surface area (Å²) in [4.78, 5) is 26.0. The van der Waals surface area contributed by atoms with Gasteiger partial charge in [0.15, 0.2) is 11.6 Å². The maximum absolute atomic E-state index is 13.3. The molecule has 0 spiro atoms. The van der Waals surface area contributed by atoms with E-state index in [2.05, 4.69) is 4.98 Å². The SMILES string of the molecule is CCC(=O)OC[C@H]1O[C@@H](n2cc(F)c(N)nc2=O)CS1. The Morgan fingerprint density at radius 2 is 2.50 bits per heavy atom. The summed E-state index contributed by atoms with van der Waals surface area (Å²) in [6.07, 6.45) is 0.601. The van der Waals surface area contributed by atoms with E-state index in [0.717, 1.165) is 10.8 Å². The van der Waals surface area contributed by atoms with Crippen molar-refractivity contribution in [3.05, 3.63) is 22.5 Å². The van der Waals surface area contributed by atoms with Crippen molar-refractivity contribution in [1.29, 1.82) is 0 Å². The molecule has 1 saturated heterocycles. The van der Waals surface area contributed by atoms with Gasteiger partial charge in [0.25, 0.3) is 0 Å². The molecule has 0 amide bonds. The van der Waals surface area contributed by atoms with E-state index in [9.17, 15) is 14.0 Å². The maximum Gasteiger partial charge on any atom is 0.351 e. The fourth-order valence-electron chi connectivity index (χ4n) is 1.60.